The normalized spacial score (nSPS) is 21.8. The molecule has 6 aliphatic rings. The average Bonchev–Trinajstić information content (AvgIpc) is 3.71. The Morgan fingerprint density at radius 1 is 0.458 bits per heavy atom. The smallest absolute Gasteiger partial charge is 0.279 e. The average molecular weight is 958 g/mol. The molecule has 0 unspecified atom stereocenters. The number of oxazole rings is 1. The molecule has 376 valence electrons. The minimum atomic E-state index is -0.160. The van der Waals surface area contributed by atoms with Gasteiger partial charge < -0.3 is 9.32 Å². The molecule has 5 aromatic carbocycles. The summed E-state index contributed by atoms with van der Waals surface area (Å²) < 4.78 is 7.51. The van der Waals surface area contributed by atoms with Gasteiger partial charge in [-0.1, -0.05) is 161 Å². The second-order valence-electron chi connectivity index (χ2n) is 29.8. The first-order valence-electron chi connectivity index (χ1n) is 27.7. The third-order valence-electron chi connectivity index (χ3n) is 17.9. The first-order chi connectivity index (χ1) is 33.4. The van der Waals surface area contributed by atoms with Gasteiger partial charge >= 0.3 is 0 Å². The van der Waals surface area contributed by atoms with Gasteiger partial charge in [-0.05, 0) is 199 Å². The minimum absolute atomic E-state index is 0.0307. The van der Waals surface area contributed by atoms with Crippen LogP contribution in [0.2, 0.25) is 0 Å². The lowest BCUT2D eigenvalue weighted by Gasteiger charge is -2.57. The van der Waals surface area contributed by atoms with Gasteiger partial charge in [0.2, 0.25) is 11.8 Å². The first kappa shape index (κ1) is 49.2. The van der Waals surface area contributed by atoms with Crippen LogP contribution in [0.1, 0.15) is 202 Å². The maximum Gasteiger partial charge on any atom is 0.279 e. The standard InChI is InChI=1S/C67H84BN3O/c1-61(2,3)44-21-19-43(20-22-44)59-69-58-60(72-59)71(52-32-48(65(13,14)15)29-49(33-52)66(16,17)18)56-36-50(67-37-40-25-41(38-67)27-42(26-40)39-67)35-55-57(56)68(58)53-34-45(62(4,5)6)23-24-54(53)70(55)51-30-46(63(7,8)9)28-47(31-51)64(10,11)12/h19-24,28-36,40-42H,25-27,37-39H2,1-18H3. The Hall–Kier alpha value is -5.03. The van der Waals surface area contributed by atoms with Crippen LogP contribution in [0.4, 0.5) is 34.3 Å². The quantitative estimate of drug-likeness (QED) is 0.165. The third kappa shape index (κ3) is 8.30. The van der Waals surface area contributed by atoms with Crippen LogP contribution in [-0.4, -0.2) is 11.7 Å². The molecule has 1 aromatic heterocycles. The van der Waals surface area contributed by atoms with E-state index in [0.717, 1.165) is 40.5 Å². The fraction of sp³-hybridized carbons (Fsp3) is 0.507. The lowest BCUT2D eigenvalue weighted by molar-refractivity contribution is -0.00514. The van der Waals surface area contributed by atoms with Gasteiger partial charge in [-0.2, -0.15) is 0 Å². The molecule has 3 heterocycles. The van der Waals surface area contributed by atoms with Gasteiger partial charge in [-0.15, -0.1) is 0 Å². The van der Waals surface area contributed by atoms with E-state index in [4.69, 9.17) is 9.40 Å². The van der Waals surface area contributed by atoms with Crippen molar-refractivity contribution < 1.29 is 4.42 Å². The highest BCUT2D eigenvalue weighted by Gasteiger charge is 2.54. The summed E-state index contributed by atoms with van der Waals surface area (Å²) >= 11 is 0. The van der Waals surface area contributed by atoms with E-state index >= 15 is 0 Å². The molecule has 4 bridgehead atoms. The Morgan fingerprint density at radius 3 is 1.32 bits per heavy atom. The molecule has 0 spiro atoms. The molecular formula is C67H84BN3O. The number of hydrogen-bond acceptors (Lipinski definition) is 4. The number of nitrogens with zero attached hydrogens (tertiary/aromatic N) is 3. The van der Waals surface area contributed by atoms with Gasteiger partial charge in [0.15, 0.2) is 0 Å². The Kier molecular flexibility index (Phi) is 10.9. The summed E-state index contributed by atoms with van der Waals surface area (Å²) in [6.45, 7) is 42.2. The van der Waals surface area contributed by atoms with E-state index in [-0.39, 0.29) is 44.6 Å². The molecule has 4 nitrogen and oxygen atoms in total. The zero-order valence-corrected chi connectivity index (χ0v) is 47.5. The summed E-state index contributed by atoms with van der Waals surface area (Å²) in [5.41, 5.74) is 20.1. The topological polar surface area (TPSA) is 32.5 Å². The summed E-state index contributed by atoms with van der Waals surface area (Å²) in [6.07, 6.45) is 8.09. The molecule has 0 saturated heterocycles. The molecule has 0 N–H and O–H groups in total. The van der Waals surface area contributed by atoms with Crippen molar-refractivity contribution in [1.82, 2.24) is 4.98 Å². The molecule has 0 amide bonds. The van der Waals surface area contributed by atoms with E-state index in [0.29, 0.717) is 5.89 Å². The fourth-order valence-corrected chi connectivity index (χ4v) is 13.8. The summed E-state index contributed by atoms with van der Waals surface area (Å²) in [6, 6.07) is 36.7. The van der Waals surface area contributed by atoms with E-state index < -0.39 is 0 Å². The van der Waals surface area contributed by atoms with Gasteiger partial charge in [-0.25, -0.2) is 4.98 Å². The molecule has 0 radical (unpaired) electrons. The molecule has 72 heavy (non-hydrogen) atoms. The first-order valence-corrected chi connectivity index (χ1v) is 27.7. The molecule has 4 fully saturated rings. The zero-order valence-electron chi connectivity index (χ0n) is 47.5. The highest BCUT2D eigenvalue weighted by molar-refractivity contribution is 6.99. The Bertz CT molecular complexity index is 3020. The highest BCUT2D eigenvalue weighted by Crippen LogP contribution is 2.62. The molecule has 12 rings (SSSR count). The van der Waals surface area contributed by atoms with Crippen molar-refractivity contribution in [3.8, 4) is 11.5 Å². The molecule has 2 aliphatic heterocycles. The van der Waals surface area contributed by atoms with Gasteiger partial charge in [0.25, 0.3) is 6.71 Å². The summed E-state index contributed by atoms with van der Waals surface area (Å²) in [5.74, 6) is 3.94. The van der Waals surface area contributed by atoms with E-state index in [1.54, 1.807) is 0 Å². The number of aromatic nitrogens is 1. The molecule has 5 heteroatoms. The van der Waals surface area contributed by atoms with Crippen molar-refractivity contribution in [3.05, 3.63) is 130 Å². The number of fused-ring (bicyclic) bond motifs is 4. The molecule has 0 atom stereocenters. The van der Waals surface area contributed by atoms with Crippen molar-refractivity contribution >= 4 is 57.6 Å². The van der Waals surface area contributed by atoms with E-state index in [1.165, 1.54) is 111 Å². The van der Waals surface area contributed by atoms with Crippen LogP contribution >= 0.6 is 0 Å². The summed E-state index contributed by atoms with van der Waals surface area (Å²) in [5, 5.41) is 0. The zero-order chi connectivity index (χ0) is 51.6. The van der Waals surface area contributed by atoms with Crippen molar-refractivity contribution in [3.63, 3.8) is 0 Å². The molecule has 4 saturated carbocycles. The van der Waals surface area contributed by atoms with Crippen molar-refractivity contribution in [2.45, 2.75) is 201 Å². The Balaban J connectivity index is 1.28. The number of hydrogen-bond donors (Lipinski definition) is 0. The Morgan fingerprint density at radius 2 is 0.875 bits per heavy atom. The molecule has 4 aliphatic carbocycles. The largest absolute Gasteiger partial charge is 0.420 e. The lowest BCUT2D eigenvalue weighted by Crippen LogP contribution is -2.62. The van der Waals surface area contributed by atoms with Crippen LogP contribution in [-0.2, 0) is 37.9 Å². The van der Waals surface area contributed by atoms with Crippen LogP contribution in [0.15, 0.2) is 95.4 Å². The van der Waals surface area contributed by atoms with Gasteiger partial charge in [0, 0.05) is 34.0 Å². The number of benzene rings is 5. The lowest BCUT2D eigenvalue weighted by atomic mass is 9.35. The predicted octanol–water partition coefficient (Wildman–Crippen LogP) is 16.7. The maximum atomic E-state index is 7.51. The Labute approximate surface area is 434 Å². The minimum Gasteiger partial charge on any atom is -0.420 e. The molecule has 6 aromatic rings. The van der Waals surface area contributed by atoms with Crippen LogP contribution in [0.25, 0.3) is 11.5 Å². The van der Waals surface area contributed by atoms with Gasteiger partial charge in [0.05, 0.1) is 5.59 Å². The third-order valence-corrected chi connectivity index (χ3v) is 17.9. The van der Waals surface area contributed by atoms with Gasteiger partial charge in [-0.3, -0.25) is 4.90 Å². The monoisotopic (exact) mass is 958 g/mol. The van der Waals surface area contributed by atoms with Crippen LogP contribution in [0, 0.1) is 17.8 Å². The highest BCUT2D eigenvalue weighted by atomic mass is 16.4. The van der Waals surface area contributed by atoms with Crippen molar-refractivity contribution in [2.75, 3.05) is 9.80 Å². The van der Waals surface area contributed by atoms with Crippen LogP contribution in [0.3, 0.4) is 0 Å². The fourth-order valence-electron chi connectivity index (χ4n) is 13.8. The van der Waals surface area contributed by atoms with E-state index in [9.17, 15) is 0 Å². The van der Waals surface area contributed by atoms with E-state index in [1.807, 2.05) is 0 Å². The van der Waals surface area contributed by atoms with E-state index in [2.05, 4.69) is 225 Å². The molecular weight excluding hydrogens is 874 g/mol. The SMILES string of the molecule is CC(C)(C)c1ccc(-c2nc3c(o2)N(c2cc(C(C)(C)C)cc(C(C)(C)C)c2)c2cc(C45CC6CC(CC(C6)C4)C5)cc4c2B3c2cc(C(C)(C)C)ccc2N4c2cc(C(C)(C)C)cc(C(C)(C)C)c2)cc1. The maximum absolute atomic E-state index is 7.51. The summed E-state index contributed by atoms with van der Waals surface area (Å²) in [7, 11) is 0. The summed E-state index contributed by atoms with van der Waals surface area (Å²) in [4.78, 5) is 11.0. The number of anilines is 6. The van der Waals surface area contributed by atoms with Crippen LogP contribution < -0.4 is 26.3 Å². The second-order valence-corrected chi connectivity index (χ2v) is 29.8. The van der Waals surface area contributed by atoms with Crippen molar-refractivity contribution in [1.29, 1.82) is 0 Å². The van der Waals surface area contributed by atoms with Gasteiger partial charge in [0.1, 0.15) is 0 Å². The number of rotatable bonds is 4. The van der Waals surface area contributed by atoms with Crippen molar-refractivity contribution in [2.24, 2.45) is 17.8 Å². The second kappa shape index (κ2) is 16.0. The predicted molar refractivity (Wildman–Crippen MR) is 308 cm³/mol. The van der Waals surface area contributed by atoms with Crippen LogP contribution in [0.5, 0.6) is 0 Å².